The van der Waals surface area contributed by atoms with Crippen LogP contribution >= 0.6 is 11.8 Å². The van der Waals surface area contributed by atoms with Gasteiger partial charge >= 0.3 is 0 Å². The van der Waals surface area contributed by atoms with E-state index in [-0.39, 0.29) is 11.7 Å². The molecule has 0 aliphatic rings. The molecule has 3 aromatic rings. The number of benzene rings is 1. The Morgan fingerprint density at radius 2 is 1.97 bits per heavy atom. The summed E-state index contributed by atoms with van der Waals surface area (Å²) in [5.41, 5.74) is 1.15. The largest absolute Gasteiger partial charge is 0.461 e. The lowest BCUT2D eigenvalue weighted by atomic mass is 10.1. The summed E-state index contributed by atoms with van der Waals surface area (Å²) in [5, 5.41) is 11.7. The third kappa shape index (κ3) is 5.14. The summed E-state index contributed by atoms with van der Waals surface area (Å²) in [6, 6.07) is 10.6. The molecule has 0 spiro atoms. The monoisotopic (exact) mass is 412 g/mol. The molecule has 0 aliphatic heterocycles. The predicted molar refractivity (Wildman–Crippen MR) is 113 cm³/mol. The molecule has 1 unspecified atom stereocenters. The van der Waals surface area contributed by atoms with Crippen molar-refractivity contribution < 1.29 is 14.0 Å². The van der Waals surface area contributed by atoms with Crippen LogP contribution in [-0.4, -0.2) is 31.7 Å². The van der Waals surface area contributed by atoms with Crippen molar-refractivity contribution in [1.29, 1.82) is 0 Å². The first-order valence-electron chi connectivity index (χ1n) is 9.40. The Labute approximate surface area is 173 Å². The number of furan rings is 1. The molecule has 0 aliphatic carbocycles. The molecular formula is C21H24N4O3S. The Morgan fingerprint density at radius 3 is 2.62 bits per heavy atom. The molecule has 0 saturated heterocycles. The minimum atomic E-state index is -0.407. The van der Waals surface area contributed by atoms with Crippen LogP contribution in [0.15, 0.2) is 52.2 Å². The maximum Gasteiger partial charge on any atom is 0.237 e. The van der Waals surface area contributed by atoms with E-state index in [9.17, 15) is 9.59 Å². The van der Waals surface area contributed by atoms with Gasteiger partial charge in [0.1, 0.15) is 0 Å². The summed E-state index contributed by atoms with van der Waals surface area (Å²) in [4.78, 5) is 24.2. The smallest absolute Gasteiger partial charge is 0.237 e. The van der Waals surface area contributed by atoms with Crippen LogP contribution in [0, 0.1) is 5.92 Å². The number of rotatable bonds is 8. The number of hydrogen-bond acceptors (Lipinski definition) is 6. The van der Waals surface area contributed by atoms with Crippen LogP contribution in [0.3, 0.4) is 0 Å². The van der Waals surface area contributed by atoms with Gasteiger partial charge in [-0.3, -0.25) is 14.2 Å². The van der Waals surface area contributed by atoms with E-state index >= 15 is 0 Å². The van der Waals surface area contributed by atoms with Gasteiger partial charge < -0.3 is 9.73 Å². The Balaban J connectivity index is 1.76. The van der Waals surface area contributed by atoms with E-state index < -0.39 is 5.25 Å². The second kappa shape index (κ2) is 9.09. The molecular weight excluding hydrogens is 388 g/mol. The summed E-state index contributed by atoms with van der Waals surface area (Å²) in [6.07, 6.45) is 1.60. The molecule has 152 valence electrons. The van der Waals surface area contributed by atoms with E-state index in [0.29, 0.717) is 40.5 Å². The van der Waals surface area contributed by atoms with Gasteiger partial charge in [-0.25, -0.2) is 0 Å². The minimum Gasteiger partial charge on any atom is -0.461 e. The maximum absolute atomic E-state index is 12.7. The fraction of sp³-hybridized carbons (Fsp3) is 0.333. The van der Waals surface area contributed by atoms with Crippen molar-refractivity contribution in [2.24, 2.45) is 5.92 Å². The van der Waals surface area contributed by atoms with Crippen LogP contribution in [0.2, 0.25) is 0 Å². The lowest BCUT2D eigenvalue weighted by Gasteiger charge is -2.15. The predicted octanol–water partition coefficient (Wildman–Crippen LogP) is 4.52. The number of Topliss-reactive ketones (excluding diaryl/α,β-unsaturated/α-hetero) is 1. The molecule has 1 N–H and O–H groups in total. The van der Waals surface area contributed by atoms with Crippen LogP contribution in [0.4, 0.5) is 5.69 Å². The summed E-state index contributed by atoms with van der Waals surface area (Å²) < 4.78 is 7.46. The van der Waals surface area contributed by atoms with E-state index in [0.717, 1.165) is 0 Å². The summed E-state index contributed by atoms with van der Waals surface area (Å²) in [6.45, 7) is 8.24. The Hall–Kier alpha value is -2.87. The Bertz CT molecular complexity index is 995. The van der Waals surface area contributed by atoms with Gasteiger partial charge in [-0.05, 0) is 44.0 Å². The number of hydrogen-bond donors (Lipinski definition) is 1. The molecule has 0 bridgehead atoms. The van der Waals surface area contributed by atoms with E-state index in [1.165, 1.54) is 18.7 Å². The van der Waals surface area contributed by atoms with E-state index in [1.54, 1.807) is 30.5 Å². The molecule has 0 fully saturated rings. The second-order valence-electron chi connectivity index (χ2n) is 7.17. The average Bonchev–Trinajstić information content (AvgIpc) is 3.32. The molecule has 7 nitrogen and oxygen atoms in total. The number of aromatic nitrogens is 3. The maximum atomic E-state index is 12.7. The summed E-state index contributed by atoms with van der Waals surface area (Å²) >= 11 is 1.34. The first-order valence-corrected chi connectivity index (χ1v) is 10.3. The van der Waals surface area contributed by atoms with Gasteiger partial charge in [-0.15, -0.1) is 10.2 Å². The highest BCUT2D eigenvalue weighted by Crippen LogP contribution is 2.28. The van der Waals surface area contributed by atoms with Crippen molar-refractivity contribution in [3.05, 3.63) is 48.2 Å². The number of thioether (sulfide) groups is 1. The van der Waals surface area contributed by atoms with E-state index in [1.807, 2.05) is 23.6 Å². The highest BCUT2D eigenvalue weighted by molar-refractivity contribution is 8.00. The Morgan fingerprint density at radius 1 is 1.17 bits per heavy atom. The summed E-state index contributed by atoms with van der Waals surface area (Å²) in [5.74, 6) is 1.44. The zero-order valence-electron chi connectivity index (χ0n) is 16.9. The van der Waals surface area contributed by atoms with Gasteiger partial charge in [-0.1, -0.05) is 37.7 Å². The van der Waals surface area contributed by atoms with Gasteiger partial charge in [0.05, 0.1) is 11.5 Å². The van der Waals surface area contributed by atoms with Crippen molar-refractivity contribution in [2.75, 3.05) is 5.32 Å². The van der Waals surface area contributed by atoms with Gasteiger partial charge in [0.15, 0.2) is 22.5 Å². The SMILES string of the molecule is CC(=O)c1cccc(NC(=O)C(C)Sc2nnc(-c3ccco3)n2CC(C)C)c1. The first-order chi connectivity index (χ1) is 13.8. The highest BCUT2D eigenvalue weighted by Gasteiger charge is 2.22. The van der Waals surface area contributed by atoms with E-state index in [2.05, 4.69) is 29.4 Å². The lowest BCUT2D eigenvalue weighted by molar-refractivity contribution is -0.115. The van der Waals surface area contributed by atoms with Crippen molar-refractivity contribution in [1.82, 2.24) is 14.8 Å². The average molecular weight is 413 g/mol. The number of nitrogens with zero attached hydrogens (tertiary/aromatic N) is 3. The summed E-state index contributed by atoms with van der Waals surface area (Å²) in [7, 11) is 0. The number of carbonyl (C=O) groups is 2. The molecule has 1 aromatic carbocycles. The number of amides is 1. The number of ketones is 1. The topological polar surface area (TPSA) is 90.0 Å². The molecule has 2 heterocycles. The van der Waals surface area contributed by atoms with Crippen LogP contribution in [0.5, 0.6) is 0 Å². The minimum absolute atomic E-state index is 0.0456. The zero-order chi connectivity index (χ0) is 21.0. The van der Waals surface area contributed by atoms with Crippen LogP contribution in [0.25, 0.3) is 11.6 Å². The van der Waals surface area contributed by atoms with Crippen LogP contribution in [-0.2, 0) is 11.3 Å². The van der Waals surface area contributed by atoms with Crippen molar-refractivity contribution in [2.45, 2.75) is 44.6 Å². The quantitative estimate of drug-likeness (QED) is 0.432. The molecule has 0 saturated carbocycles. The number of carbonyl (C=O) groups excluding carboxylic acids is 2. The molecule has 1 atom stereocenters. The molecule has 8 heteroatoms. The second-order valence-corrected chi connectivity index (χ2v) is 8.48. The fourth-order valence-electron chi connectivity index (χ4n) is 2.77. The first kappa shape index (κ1) is 20.9. The molecule has 29 heavy (non-hydrogen) atoms. The van der Waals surface area contributed by atoms with Crippen molar-refractivity contribution in [3.8, 4) is 11.6 Å². The highest BCUT2D eigenvalue weighted by atomic mass is 32.2. The molecule has 1 amide bonds. The van der Waals surface area contributed by atoms with Gasteiger partial charge in [0.2, 0.25) is 5.91 Å². The van der Waals surface area contributed by atoms with Crippen molar-refractivity contribution >= 4 is 29.1 Å². The zero-order valence-corrected chi connectivity index (χ0v) is 17.7. The molecule has 0 radical (unpaired) electrons. The number of nitrogens with one attached hydrogen (secondary N) is 1. The van der Waals surface area contributed by atoms with Crippen molar-refractivity contribution in [3.63, 3.8) is 0 Å². The third-order valence-corrected chi connectivity index (χ3v) is 5.27. The molecule has 2 aromatic heterocycles. The van der Waals surface area contributed by atoms with Gasteiger partial charge in [0, 0.05) is 17.8 Å². The fourth-order valence-corrected chi connectivity index (χ4v) is 3.62. The van der Waals surface area contributed by atoms with Crippen LogP contribution < -0.4 is 5.32 Å². The lowest BCUT2D eigenvalue weighted by Crippen LogP contribution is -2.23. The Kier molecular flexibility index (Phi) is 6.53. The van der Waals surface area contributed by atoms with E-state index in [4.69, 9.17) is 4.42 Å². The normalized spacial score (nSPS) is 12.2. The standard InChI is InChI=1S/C21H24N4O3S/c1-13(2)12-25-19(18-9-6-10-28-18)23-24-21(25)29-15(4)20(27)22-17-8-5-7-16(11-17)14(3)26/h5-11,13,15H,12H2,1-4H3,(H,22,27). The molecule has 3 rings (SSSR count). The van der Waals surface area contributed by atoms with Crippen LogP contribution in [0.1, 0.15) is 38.1 Å². The van der Waals surface area contributed by atoms with Gasteiger partial charge in [0.25, 0.3) is 0 Å². The van der Waals surface area contributed by atoms with Gasteiger partial charge in [-0.2, -0.15) is 0 Å². The third-order valence-electron chi connectivity index (χ3n) is 4.19. The number of anilines is 1.